The van der Waals surface area contributed by atoms with Crippen LogP contribution in [0.3, 0.4) is 0 Å². The molecule has 0 spiro atoms. The Morgan fingerprint density at radius 3 is 2.38 bits per heavy atom. The van der Waals surface area contributed by atoms with Crippen LogP contribution < -0.4 is 14.2 Å². The highest BCUT2D eigenvalue weighted by atomic mass is 35.5. The van der Waals surface area contributed by atoms with Crippen molar-refractivity contribution in [2.75, 3.05) is 34.9 Å². The lowest BCUT2D eigenvalue weighted by Gasteiger charge is -2.20. The standard InChI is InChI=1S/C24H28ClNO6/c1-16(2)6-8-19-23(31-14-28-3)12-22(30-5)18(24(19)32-15-29-4)9-11-21(27)20-10-7-17(25)13-26-20/h6-7,9-13H,8,14-15H2,1-5H3/b11-9+. The molecule has 0 aliphatic rings. The summed E-state index contributed by atoms with van der Waals surface area (Å²) >= 11 is 5.86. The molecule has 2 rings (SSSR count). The fourth-order valence-corrected chi connectivity index (χ4v) is 2.91. The minimum atomic E-state index is -0.285. The smallest absolute Gasteiger partial charge is 0.204 e. The van der Waals surface area contributed by atoms with Crippen molar-refractivity contribution >= 4 is 23.5 Å². The first-order chi connectivity index (χ1) is 15.4. The van der Waals surface area contributed by atoms with Crippen molar-refractivity contribution in [1.29, 1.82) is 0 Å². The number of nitrogens with zero attached hydrogens (tertiary/aromatic N) is 1. The number of ether oxygens (including phenoxy) is 5. The molecule has 172 valence electrons. The van der Waals surface area contributed by atoms with Crippen molar-refractivity contribution in [3.8, 4) is 17.2 Å². The van der Waals surface area contributed by atoms with Crippen LogP contribution in [0.25, 0.3) is 6.08 Å². The van der Waals surface area contributed by atoms with Crippen LogP contribution in [0.2, 0.25) is 5.02 Å². The number of carbonyl (C=O) groups is 1. The van der Waals surface area contributed by atoms with Crippen molar-refractivity contribution in [3.63, 3.8) is 0 Å². The lowest BCUT2D eigenvalue weighted by atomic mass is 10.0. The third kappa shape index (κ3) is 7.09. The van der Waals surface area contributed by atoms with E-state index in [1.807, 2.05) is 13.8 Å². The summed E-state index contributed by atoms with van der Waals surface area (Å²) in [6, 6.07) is 4.93. The van der Waals surface area contributed by atoms with E-state index >= 15 is 0 Å². The van der Waals surface area contributed by atoms with Crippen molar-refractivity contribution in [2.24, 2.45) is 0 Å². The molecule has 0 radical (unpaired) electrons. The summed E-state index contributed by atoms with van der Waals surface area (Å²) < 4.78 is 27.5. The van der Waals surface area contributed by atoms with Crippen molar-refractivity contribution in [2.45, 2.75) is 20.3 Å². The molecule has 1 aromatic carbocycles. The Morgan fingerprint density at radius 2 is 1.78 bits per heavy atom. The van der Waals surface area contributed by atoms with Crippen LogP contribution in [0.1, 0.15) is 35.5 Å². The maximum Gasteiger partial charge on any atom is 0.204 e. The summed E-state index contributed by atoms with van der Waals surface area (Å²) in [5.41, 5.74) is 2.76. The average Bonchev–Trinajstić information content (AvgIpc) is 2.78. The second-order valence-electron chi connectivity index (χ2n) is 6.94. The van der Waals surface area contributed by atoms with Gasteiger partial charge in [-0.2, -0.15) is 0 Å². The second-order valence-corrected chi connectivity index (χ2v) is 7.38. The summed E-state index contributed by atoms with van der Waals surface area (Å²) in [6.07, 6.45) is 7.06. The third-order valence-corrected chi connectivity index (χ3v) is 4.54. The molecule has 0 saturated heterocycles. The van der Waals surface area contributed by atoms with Crippen molar-refractivity contribution < 1.29 is 28.5 Å². The first-order valence-electron chi connectivity index (χ1n) is 9.85. The monoisotopic (exact) mass is 461 g/mol. The fourth-order valence-electron chi connectivity index (χ4n) is 2.80. The zero-order valence-corrected chi connectivity index (χ0v) is 19.7. The number of hydrogen-bond acceptors (Lipinski definition) is 7. The lowest BCUT2D eigenvalue weighted by Crippen LogP contribution is -2.08. The summed E-state index contributed by atoms with van der Waals surface area (Å²) in [5, 5.41) is 0.456. The number of pyridine rings is 1. The molecule has 2 aromatic rings. The average molecular weight is 462 g/mol. The first-order valence-corrected chi connectivity index (χ1v) is 10.2. The SMILES string of the molecule is COCOc1cc(OC)c(/C=C/C(=O)c2ccc(Cl)cn2)c(OCOC)c1CC=C(C)C. The Kier molecular flexibility index (Phi) is 10.2. The van der Waals surface area contributed by atoms with E-state index in [1.165, 1.54) is 26.5 Å². The summed E-state index contributed by atoms with van der Waals surface area (Å²) in [7, 11) is 4.61. The van der Waals surface area contributed by atoms with Crippen LogP contribution >= 0.6 is 11.6 Å². The summed E-state index contributed by atoms with van der Waals surface area (Å²) in [5.74, 6) is 1.22. The zero-order valence-electron chi connectivity index (χ0n) is 18.9. The molecule has 0 fully saturated rings. The van der Waals surface area contributed by atoms with Crippen LogP contribution in [0.15, 0.2) is 42.1 Å². The van der Waals surface area contributed by atoms with Gasteiger partial charge in [0.2, 0.25) is 5.78 Å². The number of ketones is 1. The van der Waals surface area contributed by atoms with Crippen LogP contribution in [-0.4, -0.2) is 45.7 Å². The van der Waals surface area contributed by atoms with Gasteiger partial charge in [0.05, 0.1) is 17.7 Å². The summed E-state index contributed by atoms with van der Waals surface area (Å²) in [6.45, 7) is 4.08. The van der Waals surface area contributed by atoms with Gasteiger partial charge in [0.25, 0.3) is 0 Å². The van der Waals surface area contributed by atoms with E-state index in [9.17, 15) is 4.79 Å². The minimum absolute atomic E-state index is 0.00618. The van der Waals surface area contributed by atoms with Gasteiger partial charge in [-0.05, 0) is 44.6 Å². The normalized spacial score (nSPS) is 10.8. The van der Waals surface area contributed by atoms with Gasteiger partial charge in [-0.25, -0.2) is 0 Å². The molecule has 0 amide bonds. The zero-order chi connectivity index (χ0) is 23.5. The van der Waals surface area contributed by atoms with Crippen LogP contribution in [0.4, 0.5) is 0 Å². The van der Waals surface area contributed by atoms with E-state index in [2.05, 4.69) is 11.1 Å². The number of hydrogen-bond donors (Lipinski definition) is 0. The lowest BCUT2D eigenvalue weighted by molar-refractivity contribution is 0.0444. The van der Waals surface area contributed by atoms with Crippen molar-refractivity contribution in [3.05, 3.63) is 64.0 Å². The molecule has 0 atom stereocenters. The van der Waals surface area contributed by atoms with Crippen LogP contribution in [0.5, 0.6) is 17.2 Å². The number of halogens is 1. The number of allylic oxidation sites excluding steroid dienone is 3. The van der Waals surface area contributed by atoms with Crippen molar-refractivity contribution in [1.82, 2.24) is 4.98 Å². The molecule has 0 unspecified atom stereocenters. The molecule has 32 heavy (non-hydrogen) atoms. The highest BCUT2D eigenvalue weighted by molar-refractivity contribution is 6.30. The molecule has 0 saturated carbocycles. The number of carbonyl (C=O) groups excluding carboxylic acids is 1. The van der Waals surface area contributed by atoms with Crippen LogP contribution in [0, 0.1) is 0 Å². The van der Waals surface area contributed by atoms with E-state index in [0.717, 1.165) is 11.1 Å². The third-order valence-electron chi connectivity index (χ3n) is 4.31. The number of benzene rings is 1. The first kappa shape index (κ1) is 25.4. The van der Waals surface area contributed by atoms with Gasteiger partial charge in [-0.15, -0.1) is 0 Å². The molecule has 7 nitrogen and oxygen atoms in total. The Labute approximate surface area is 193 Å². The quantitative estimate of drug-likeness (QED) is 0.188. The highest BCUT2D eigenvalue weighted by Gasteiger charge is 2.20. The van der Waals surface area contributed by atoms with E-state index in [1.54, 1.807) is 31.4 Å². The van der Waals surface area contributed by atoms with Gasteiger partial charge in [0.15, 0.2) is 13.6 Å². The van der Waals surface area contributed by atoms with Gasteiger partial charge < -0.3 is 23.7 Å². The Balaban J connectivity index is 2.58. The molecular formula is C24H28ClNO6. The predicted octanol–water partition coefficient (Wildman–Crippen LogP) is 5.11. The van der Waals surface area contributed by atoms with Gasteiger partial charge in [0, 0.05) is 32.0 Å². The highest BCUT2D eigenvalue weighted by Crippen LogP contribution is 2.41. The minimum Gasteiger partial charge on any atom is -0.496 e. The Morgan fingerprint density at radius 1 is 1.06 bits per heavy atom. The molecule has 1 aromatic heterocycles. The predicted molar refractivity (Wildman–Crippen MR) is 124 cm³/mol. The number of aromatic nitrogens is 1. The topological polar surface area (TPSA) is 76.1 Å². The Hall–Kier alpha value is -2.87. The van der Waals surface area contributed by atoms with Gasteiger partial charge in [0.1, 0.15) is 22.9 Å². The van der Waals surface area contributed by atoms with Gasteiger partial charge in [-0.3, -0.25) is 9.78 Å². The molecule has 0 aliphatic carbocycles. The molecule has 8 heteroatoms. The van der Waals surface area contributed by atoms with Gasteiger partial charge >= 0.3 is 0 Å². The van der Waals surface area contributed by atoms with E-state index in [0.29, 0.717) is 34.3 Å². The molecule has 0 bridgehead atoms. The second kappa shape index (κ2) is 12.9. The maximum atomic E-state index is 12.6. The van der Waals surface area contributed by atoms with Gasteiger partial charge in [-0.1, -0.05) is 23.3 Å². The molecule has 0 N–H and O–H groups in total. The Bertz CT molecular complexity index is 965. The van der Waals surface area contributed by atoms with E-state index < -0.39 is 0 Å². The molecular weight excluding hydrogens is 434 g/mol. The summed E-state index contributed by atoms with van der Waals surface area (Å²) in [4.78, 5) is 16.7. The largest absolute Gasteiger partial charge is 0.496 e. The number of methoxy groups -OCH3 is 3. The molecule has 0 aliphatic heterocycles. The fraction of sp³-hybridized carbons (Fsp3) is 0.333. The van der Waals surface area contributed by atoms with E-state index in [4.69, 9.17) is 35.3 Å². The van der Waals surface area contributed by atoms with Crippen LogP contribution in [-0.2, 0) is 15.9 Å². The van der Waals surface area contributed by atoms with E-state index in [-0.39, 0.29) is 25.1 Å². The maximum absolute atomic E-state index is 12.6. The number of rotatable bonds is 12. The molecule has 1 heterocycles.